The quantitative estimate of drug-likeness (QED) is 0.483. The number of aliphatic hydroxyl groups excluding tert-OH is 1. The number of hydrogen-bond acceptors (Lipinski definition) is 4. The molecule has 4 nitrogen and oxygen atoms in total. The average Bonchev–Trinajstić information content (AvgIpc) is 2.39. The predicted octanol–water partition coefficient (Wildman–Crippen LogP) is 0.499. The summed E-state index contributed by atoms with van der Waals surface area (Å²) in [5, 5.41) is 16.1. The van der Waals surface area contributed by atoms with Gasteiger partial charge in [0, 0.05) is 51.4 Å². The van der Waals surface area contributed by atoms with E-state index in [0.29, 0.717) is 0 Å². The molecule has 1 rings (SSSR count). The van der Waals surface area contributed by atoms with Gasteiger partial charge in [-0.1, -0.05) is 12.7 Å². The number of rotatable bonds is 3. The molecule has 0 aliphatic carbocycles. The molecule has 0 aromatic heterocycles. The van der Waals surface area contributed by atoms with Crippen molar-refractivity contribution < 1.29 is 5.11 Å². The number of aliphatic hydroxyl groups is 1. The van der Waals surface area contributed by atoms with E-state index in [0.717, 1.165) is 51.4 Å². The van der Waals surface area contributed by atoms with Crippen LogP contribution in [0.4, 0.5) is 0 Å². The first-order valence-corrected chi connectivity index (χ1v) is 5.91. The molecule has 1 aliphatic heterocycles. The van der Waals surface area contributed by atoms with Gasteiger partial charge in [0.2, 0.25) is 0 Å². The van der Waals surface area contributed by atoms with E-state index < -0.39 is 0 Å². The predicted molar refractivity (Wildman–Crippen MR) is 67.7 cm³/mol. The lowest BCUT2D eigenvalue weighted by Crippen LogP contribution is -2.35. The summed E-state index contributed by atoms with van der Waals surface area (Å²) in [7, 11) is 0. The van der Waals surface area contributed by atoms with E-state index >= 15 is 0 Å². The maximum absolute atomic E-state index is 9.40. The van der Waals surface area contributed by atoms with Gasteiger partial charge in [0.1, 0.15) is 5.76 Å². The van der Waals surface area contributed by atoms with Gasteiger partial charge in [-0.15, -0.1) is 0 Å². The molecule has 0 atom stereocenters. The molecule has 4 heteroatoms. The Labute approximate surface area is 98.0 Å². The van der Waals surface area contributed by atoms with Crippen molar-refractivity contribution in [3.63, 3.8) is 0 Å². The molecule has 0 aromatic carbocycles. The van der Waals surface area contributed by atoms with Crippen molar-refractivity contribution in [3.05, 3.63) is 24.0 Å². The molecule has 1 heterocycles. The Morgan fingerprint density at radius 1 is 1.25 bits per heavy atom. The van der Waals surface area contributed by atoms with E-state index in [1.165, 1.54) is 0 Å². The molecule has 0 bridgehead atoms. The zero-order valence-corrected chi connectivity index (χ0v) is 10.1. The smallest absolute Gasteiger partial charge is 0.112 e. The van der Waals surface area contributed by atoms with Crippen molar-refractivity contribution in [3.8, 4) is 0 Å². The Morgan fingerprint density at radius 2 is 1.81 bits per heavy atom. The third kappa shape index (κ3) is 4.79. The molecule has 0 saturated carbocycles. The zero-order valence-electron chi connectivity index (χ0n) is 10.1. The zero-order chi connectivity index (χ0) is 11.8. The molecule has 92 valence electrons. The second kappa shape index (κ2) is 7.44. The number of nitrogens with one attached hydrogen (secondary N) is 2. The fourth-order valence-electron chi connectivity index (χ4n) is 1.76. The van der Waals surface area contributed by atoms with E-state index in [2.05, 4.69) is 22.1 Å². The first kappa shape index (κ1) is 13.2. The van der Waals surface area contributed by atoms with Crippen LogP contribution in [0, 0.1) is 0 Å². The Kier molecular flexibility index (Phi) is 6.15. The molecule has 3 N–H and O–H groups in total. The third-order valence-electron chi connectivity index (χ3n) is 2.80. The minimum atomic E-state index is 0.184. The Balaban J connectivity index is 2.45. The summed E-state index contributed by atoms with van der Waals surface area (Å²) in [4.78, 5) is 2.32. The Bertz CT molecular complexity index is 241. The topological polar surface area (TPSA) is 47.5 Å². The number of nitrogens with zero attached hydrogens (tertiary/aromatic N) is 1. The molecule has 1 aliphatic rings. The van der Waals surface area contributed by atoms with Gasteiger partial charge in [0.05, 0.1) is 0 Å². The standard InChI is InChI=1S/C12H23N3O/c1-3-12(11(2)16)10-15-8-6-13-4-5-14-7-9-15/h3,13-14,16H,2,4-10H2,1H3/b12-3-. The molecule has 1 fully saturated rings. The van der Waals surface area contributed by atoms with Crippen molar-refractivity contribution in [1.29, 1.82) is 0 Å². The van der Waals surface area contributed by atoms with Crippen LogP contribution in [0.15, 0.2) is 24.0 Å². The van der Waals surface area contributed by atoms with Crippen LogP contribution in [0.3, 0.4) is 0 Å². The summed E-state index contributed by atoms with van der Waals surface area (Å²) in [5.41, 5.74) is 0.916. The molecule has 16 heavy (non-hydrogen) atoms. The average molecular weight is 225 g/mol. The lowest BCUT2D eigenvalue weighted by molar-refractivity contribution is 0.295. The summed E-state index contributed by atoms with van der Waals surface area (Å²) in [6, 6.07) is 0. The van der Waals surface area contributed by atoms with Crippen LogP contribution in [0.2, 0.25) is 0 Å². The van der Waals surface area contributed by atoms with Crippen molar-refractivity contribution >= 4 is 0 Å². The van der Waals surface area contributed by atoms with Gasteiger partial charge in [0.15, 0.2) is 0 Å². The monoisotopic (exact) mass is 225 g/mol. The van der Waals surface area contributed by atoms with E-state index in [1.54, 1.807) is 0 Å². The number of allylic oxidation sites excluding steroid dienone is 1. The van der Waals surface area contributed by atoms with Crippen LogP contribution in [-0.2, 0) is 0 Å². The molecule has 1 saturated heterocycles. The third-order valence-corrected chi connectivity index (χ3v) is 2.80. The van der Waals surface area contributed by atoms with Gasteiger partial charge >= 0.3 is 0 Å². The van der Waals surface area contributed by atoms with Crippen molar-refractivity contribution in [1.82, 2.24) is 15.5 Å². The molecular formula is C12H23N3O. The maximum atomic E-state index is 9.40. The highest BCUT2D eigenvalue weighted by molar-refractivity contribution is 5.22. The SMILES string of the molecule is C=C(O)/C(=C\C)CN1CCNCCNCC1. The highest BCUT2D eigenvalue weighted by atomic mass is 16.3. The molecule has 0 radical (unpaired) electrons. The van der Waals surface area contributed by atoms with Crippen LogP contribution in [-0.4, -0.2) is 55.8 Å². The second-order valence-corrected chi connectivity index (χ2v) is 4.04. The largest absolute Gasteiger partial charge is 0.508 e. The van der Waals surface area contributed by atoms with Crippen LogP contribution in [0.1, 0.15) is 6.92 Å². The summed E-state index contributed by atoms with van der Waals surface area (Å²) in [6.45, 7) is 12.3. The second-order valence-electron chi connectivity index (χ2n) is 4.04. The molecule has 0 amide bonds. The highest BCUT2D eigenvalue weighted by Crippen LogP contribution is 2.06. The summed E-state index contributed by atoms with van der Waals surface area (Å²) in [6.07, 6.45) is 1.93. The fraction of sp³-hybridized carbons (Fsp3) is 0.667. The van der Waals surface area contributed by atoms with Crippen LogP contribution >= 0.6 is 0 Å². The van der Waals surface area contributed by atoms with Crippen LogP contribution < -0.4 is 10.6 Å². The van der Waals surface area contributed by atoms with Gasteiger partial charge in [-0.2, -0.15) is 0 Å². The van der Waals surface area contributed by atoms with E-state index in [4.69, 9.17) is 0 Å². The molecule has 0 spiro atoms. The fourth-order valence-corrected chi connectivity index (χ4v) is 1.76. The maximum Gasteiger partial charge on any atom is 0.112 e. The summed E-state index contributed by atoms with van der Waals surface area (Å²) in [5.74, 6) is 0.184. The highest BCUT2D eigenvalue weighted by Gasteiger charge is 2.09. The van der Waals surface area contributed by atoms with Crippen molar-refractivity contribution in [2.45, 2.75) is 6.92 Å². The Hall–Kier alpha value is -0.840. The molecule has 0 aromatic rings. The van der Waals surface area contributed by atoms with Gasteiger partial charge < -0.3 is 15.7 Å². The molecular weight excluding hydrogens is 202 g/mol. The van der Waals surface area contributed by atoms with E-state index in [-0.39, 0.29) is 5.76 Å². The minimum absolute atomic E-state index is 0.184. The van der Waals surface area contributed by atoms with Gasteiger partial charge in [-0.25, -0.2) is 0 Å². The van der Waals surface area contributed by atoms with Gasteiger partial charge in [0.25, 0.3) is 0 Å². The first-order valence-electron chi connectivity index (χ1n) is 5.91. The number of hydrogen-bond donors (Lipinski definition) is 3. The minimum Gasteiger partial charge on any atom is -0.508 e. The van der Waals surface area contributed by atoms with Crippen LogP contribution in [0.5, 0.6) is 0 Å². The van der Waals surface area contributed by atoms with Crippen molar-refractivity contribution in [2.24, 2.45) is 0 Å². The summed E-state index contributed by atoms with van der Waals surface area (Å²) >= 11 is 0. The normalized spacial score (nSPS) is 20.9. The lowest BCUT2D eigenvalue weighted by Gasteiger charge is -2.22. The van der Waals surface area contributed by atoms with Crippen LogP contribution in [0.25, 0.3) is 0 Å². The molecule has 0 unspecified atom stereocenters. The summed E-state index contributed by atoms with van der Waals surface area (Å²) < 4.78 is 0. The van der Waals surface area contributed by atoms with Gasteiger partial charge in [-0.05, 0) is 6.92 Å². The Morgan fingerprint density at radius 3 is 2.25 bits per heavy atom. The van der Waals surface area contributed by atoms with E-state index in [9.17, 15) is 5.11 Å². The lowest BCUT2D eigenvalue weighted by atomic mass is 10.2. The van der Waals surface area contributed by atoms with Crippen molar-refractivity contribution in [2.75, 3.05) is 45.8 Å². The van der Waals surface area contributed by atoms with E-state index in [1.807, 2.05) is 13.0 Å². The van der Waals surface area contributed by atoms with Gasteiger partial charge in [-0.3, -0.25) is 4.90 Å². The first-order chi connectivity index (χ1) is 7.74.